The highest BCUT2D eigenvalue weighted by Gasteiger charge is 2.18. The minimum atomic E-state index is -0.468. The first-order valence-corrected chi connectivity index (χ1v) is 8.79. The number of nitrogens with two attached hydrogens (primary N) is 1. The van der Waals surface area contributed by atoms with Crippen molar-refractivity contribution >= 4 is 49.7 Å². The molecule has 0 bridgehead atoms. The molecule has 0 aliphatic rings. The summed E-state index contributed by atoms with van der Waals surface area (Å²) in [4.78, 5) is 12.0. The van der Waals surface area contributed by atoms with Gasteiger partial charge in [0.15, 0.2) is 0 Å². The predicted molar refractivity (Wildman–Crippen MR) is 96.8 cm³/mol. The van der Waals surface area contributed by atoms with Gasteiger partial charge in [-0.05, 0) is 36.2 Å². The monoisotopic (exact) mass is 444 g/mol. The second-order valence-corrected chi connectivity index (χ2v) is 7.06. The minimum Gasteiger partial charge on any atom is -0.496 e. The lowest BCUT2D eigenvalue weighted by molar-refractivity contribution is 0.0984. The van der Waals surface area contributed by atoms with E-state index in [-0.39, 0.29) is 5.91 Å². The lowest BCUT2D eigenvalue weighted by Gasteiger charge is -2.17. The van der Waals surface area contributed by atoms with E-state index in [0.717, 1.165) is 26.5 Å². The summed E-state index contributed by atoms with van der Waals surface area (Å²) in [6.45, 7) is 0. The van der Waals surface area contributed by atoms with E-state index in [0.29, 0.717) is 11.3 Å². The van der Waals surface area contributed by atoms with Gasteiger partial charge < -0.3 is 10.5 Å². The van der Waals surface area contributed by atoms with Gasteiger partial charge in [-0.15, -0.1) is 0 Å². The van der Waals surface area contributed by atoms with Crippen LogP contribution in [0.25, 0.3) is 0 Å². The van der Waals surface area contributed by atoms with Crippen molar-refractivity contribution in [2.45, 2.75) is 5.37 Å². The first-order valence-electron chi connectivity index (χ1n) is 6.32. The van der Waals surface area contributed by atoms with Crippen molar-refractivity contribution in [3.8, 4) is 5.75 Å². The molecule has 0 radical (unpaired) electrons. The zero-order valence-corrected chi connectivity index (χ0v) is 15.7. The summed E-state index contributed by atoms with van der Waals surface area (Å²) < 4.78 is 9.80. The Labute approximate surface area is 150 Å². The van der Waals surface area contributed by atoms with Crippen LogP contribution in [0.1, 0.15) is 21.3 Å². The van der Waals surface area contributed by atoms with E-state index < -0.39 is 5.37 Å². The molecule has 2 aromatic rings. The van der Waals surface area contributed by atoms with Gasteiger partial charge in [0, 0.05) is 20.1 Å². The molecular formula is C15H14Br2N2O2S. The first kappa shape index (κ1) is 17.3. The van der Waals surface area contributed by atoms with Gasteiger partial charge in [0.1, 0.15) is 11.1 Å². The maximum absolute atomic E-state index is 12.0. The van der Waals surface area contributed by atoms with Crippen molar-refractivity contribution < 1.29 is 9.53 Å². The number of hydrogen-bond acceptors (Lipinski definition) is 4. The van der Waals surface area contributed by atoms with Crippen LogP contribution in [0.3, 0.4) is 0 Å². The number of halogens is 2. The van der Waals surface area contributed by atoms with Gasteiger partial charge in [0.25, 0.3) is 5.91 Å². The van der Waals surface area contributed by atoms with Crippen LogP contribution in [0.15, 0.2) is 51.4 Å². The molecule has 7 heteroatoms. The molecule has 0 spiro atoms. The van der Waals surface area contributed by atoms with Crippen LogP contribution in [0.2, 0.25) is 0 Å². The Morgan fingerprint density at radius 2 is 1.95 bits per heavy atom. The van der Waals surface area contributed by atoms with Crippen molar-refractivity contribution in [3.63, 3.8) is 0 Å². The summed E-state index contributed by atoms with van der Waals surface area (Å²) in [5.74, 6) is 0.462. The van der Waals surface area contributed by atoms with Crippen LogP contribution in [0.4, 0.5) is 0 Å². The molecular weight excluding hydrogens is 432 g/mol. The van der Waals surface area contributed by atoms with Crippen LogP contribution < -0.4 is 15.2 Å². The largest absolute Gasteiger partial charge is 0.496 e. The zero-order valence-electron chi connectivity index (χ0n) is 11.7. The lowest BCUT2D eigenvalue weighted by atomic mass is 10.2. The molecule has 0 saturated heterocycles. The van der Waals surface area contributed by atoms with Crippen molar-refractivity contribution in [2.75, 3.05) is 7.11 Å². The second-order valence-electron chi connectivity index (χ2n) is 4.34. The fraction of sp³-hybridized carbons (Fsp3) is 0.133. The number of nitrogens with one attached hydrogen (secondary N) is 1. The third-order valence-electron chi connectivity index (χ3n) is 2.88. The molecule has 0 aliphatic heterocycles. The highest BCUT2D eigenvalue weighted by molar-refractivity contribution is 9.11. The summed E-state index contributed by atoms with van der Waals surface area (Å²) in [5, 5.41) is -0.468. The fourth-order valence-electron chi connectivity index (χ4n) is 1.83. The molecule has 3 N–H and O–H groups in total. The van der Waals surface area contributed by atoms with Crippen LogP contribution >= 0.6 is 43.8 Å². The predicted octanol–water partition coefficient (Wildman–Crippen LogP) is 4.26. The highest BCUT2D eigenvalue weighted by Crippen LogP contribution is 2.38. The summed E-state index contributed by atoms with van der Waals surface area (Å²) in [6.07, 6.45) is 0. The number of carbonyl (C=O) groups excluding carboxylic acids is 1. The molecule has 1 atom stereocenters. The molecule has 0 aromatic heterocycles. The van der Waals surface area contributed by atoms with Gasteiger partial charge in [-0.3, -0.25) is 9.52 Å². The third-order valence-corrected chi connectivity index (χ3v) is 4.78. The quantitative estimate of drug-likeness (QED) is 0.533. The molecule has 0 aliphatic carbocycles. The Hall–Kier alpha value is -1.02. The Kier molecular flexibility index (Phi) is 6.31. The van der Waals surface area contributed by atoms with Gasteiger partial charge in [-0.25, -0.2) is 0 Å². The van der Waals surface area contributed by atoms with Gasteiger partial charge in [0.2, 0.25) is 0 Å². The van der Waals surface area contributed by atoms with E-state index >= 15 is 0 Å². The van der Waals surface area contributed by atoms with Crippen molar-refractivity contribution in [1.82, 2.24) is 4.72 Å². The number of rotatable bonds is 5. The van der Waals surface area contributed by atoms with E-state index in [4.69, 9.17) is 10.5 Å². The van der Waals surface area contributed by atoms with E-state index in [1.165, 1.54) is 0 Å². The highest BCUT2D eigenvalue weighted by atomic mass is 79.9. The van der Waals surface area contributed by atoms with Crippen LogP contribution in [0.5, 0.6) is 5.75 Å². The molecule has 1 amide bonds. The normalized spacial score (nSPS) is 11.8. The molecule has 1 unspecified atom stereocenters. The minimum absolute atomic E-state index is 0.187. The van der Waals surface area contributed by atoms with E-state index in [2.05, 4.69) is 36.6 Å². The summed E-state index contributed by atoms with van der Waals surface area (Å²) in [6, 6.07) is 12.7. The fourth-order valence-corrected chi connectivity index (χ4v) is 4.13. The molecule has 2 rings (SSSR count). The first-order chi connectivity index (χ1) is 10.5. The Balaban J connectivity index is 2.10. The Morgan fingerprint density at radius 3 is 2.59 bits per heavy atom. The van der Waals surface area contributed by atoms with Crippen molar-refractivity contribution in [2.24, 2.45) is 5.73 Å². The smallest absolute Gasteiger partial charge is 0.261 e. The molecule has 0 saturated carbocycles. The SMILES string of the molecule is COc1cc(Br)cc(Br)c1C(N)SNC(=O)c1ccccc1. The number of benzene rings is 2. The maximum atomic E-state index is 12.0. The van der Waals surface area contributed by atoms with E-state index in [1.54, 1.807) is 19.2 Å². The van der Waals surface area contributed by atoms with E-state index in [9.17, 15) is 4.79 Å². The summed E-state index contributed by atoms with van der Waals surface area (Å²) >= 11 is 8.01. The van der Waals surface area contributed by atoms with Crippen LogP contribution in [-0.4, -0.2) is 13.0 Å². The molecule has 22 heavy (non-hydrogen) atoms. The molecule has 0 heterocycles. The Morgan fingerprint density at radius 1 is 1.27 bits per heavy atom. The number of carbonyl (C=O) groups is 1. The molecule has 2 aromatic carbocycles. The molecule has 4 nitrogen and oxygen atoms in total. The van der Waals surface area contributed by atoms with Gasteiger partial charge in [-0.1, -0.05) is 50.1 Å². The number of ether oxygens (including phenoxy) is 1. The molecule has 0 fully saturated rings. The number of amides is 1. The van der Waals surface area contributed by atoms with Crippen molar-refractivity contribution in [3.05, 3.63) is 62.5 Å². The standard InChI is InChI=1S/C15H14Br2N2O2S/c1-21-12-8-10(16)7-11(17)13(12)14(18)22-19-15(20)9-5-3-2-4-6-9/h2-8,14H,18H2,1H3,(H,19,20). The second kappa shape index (κ2) is 8.01. The third kappa shape index (κ3) is 4.25. The van der Waals surface area contributed by atoms with E-state index in [1.807, 2.05) is 30.3 Å². The van der Waals surface area contributed by atoms with Crippen LogP contribution in [0, 0.1) is 0 Å². The molecule has 116 valence electrons. The average molecular weight is 446 g/mol. The van der Waals surface area contributed by atoms with Gasteiger partial charge in [0.05, 0.1) is 7.11 Å². The average Bonchev–Trinajstić information content (AvgIpc) is 2.52. The van der Waals surface area contributed by atoms with Crippen molar-refractivity contribution in [1.29, 1.82) is 0 Å². The van der Waals surface area contributed by atoms with Gasteiger partial charge >= 0.3 is 0 Å². The summed E-state index contributed by atoms with van der Waals surface area (Å²) in [5.41, 5.74) is 7.54. The maximum Gasteiger partial charge on any atom is 0.261 e. The topological polar surface area (TPSA) is 64.3 Å². The summed E-state index contributed by atoms with van der Waals surface area (Å²) in [7, 11) is 1.58. The van der Waals surface area contributed by atoms with Crippen LogP contribution in [-0.2, 0) is 0 Å². The van der Waals surface area contributed by atoms with Gasteiger partial charge in [-0.2, -0.15) is 0 Å². The number of methoxy groups -OCH3 is 1. The number of hydrogen-bond donors (Lipinski definition) is 2. The lowest BCUT2D eigenvalue weighted by Crippen LogP contribution is -2.21. The zero-order chi connectivity index (χ0) is 16.1. The Bertz CT molecular complexity index is 668.